The Balaban J connectivity index is 1.80. The molecular weight excluding hydrogens is 392 g/mol. The van der Waals surface area contributed by atoms with E-state index in [9.17, 15) is 28.2 Å². The van der Waals surface area contributed by atoms with E-state index in [1.807, 2.05) is 0 Å². The van der Waals surface area contributed by atoms with E-state index >= 15 is 0 Å². The maximum atomic E-state index is 12.8. The Morgan fingerprint density at radius 3 is 2.33 bits per heavy atom. The molecule has 0 saturated carbocycles. The van der Waals surface area contributed by atoms with Gasteiger partial charge in [-0.15, -0.1) is 0 Å². The van der Waals surface area contributed by atoms with E-state index in [4.69, 9.17) is 0 Å². The first kappa shape index (κ1) is 19.3. The number of sulfonamides is 1. The van der Waals surface area contributed by atoms with E-state index in [2.05, 4.69) is 0 Å². The van der Waals surface area contributed by atoms with Crippen molar-refractivity contribution in [3.8, 4) is 11.5 Å². The van der Waals surface area contributed by atoms with Gasteiger partial charge in [-0.1, -0.05) is 0 Å². The third kappa shape index (κ3) is 3.68. The van der Waals surface area contributed by atoms with E-state index in [0.29, 0.717) is 5.56 Å². The van der Waals surface area contributed by atoms with Crippen molar-refractivity contribution in [2.24, 2.45) is 0 Å². The van der Waals surface area contributed by atoms with Crippen LogP contribution in [0.2, 0.25) is 0 Å². The van der Waals surface area contributed by atoms with Gasteiger partial charge in [-0.25, -0.2) is 8.42 Å². The van der Waals surface area contributed by atoms with Crippen molar-refractivity contribution in [2.45, 2.75) is 11.8 Å². The maximum Gasteiger partial charge on any atom is 0.261 e. The summed E-state index contributed by atoms with van der Waals surface area (Å²) in [5.41, 5.74) is -0.536. The number of piperazine rings is 1. The number of hydrogen-bond acceptors (Lipinski definition) is 7. The summed E-state index contributed by atoms with van der Waals surface area (Å²) in [6.45, 7) is 2.19. The summed E-state index contributed by atoms with van der Waals surface area (Å²) >= 11 is 1.30. The van der Waals surface area contributed by atoms with E-state index in [1.165, 1.54) is 20.5 Å². The smallest absolute Gasteiger partial charge is 0.261 e. The lowest BCUT2D eigenvalue weighted by Gasteiger charge is -2.34. The Bertz CT molecular complexity index is 1030. The second kappa shape index (κ2) is 7.29. The molecule has 1 aromatic carbocycles. The molecule has 0 radical (unpaired) electrons. The van der Waals surface area contributed by atoms with Crippen LogP contribution in [0.1, 0.15) is 15.9 Å². The van der Waals surface area contributed by atoms with E-state index in [-0.39, 0.29) is 36.6 Å². The number of nitrogens with zero attached hydrogens (tertiary/aromatic N) is 2. The van der Waals surface area contributed by atoms with Gasteiger partial charge in [-0.05, 0) is 36.1 Å². The monoisotopic (exact) mass is 410 g/mol. The highest BCUT2D eigenvalue weighted by Crippen LogP contribution is 2.22. The molecule has 3 rings (SSSR count). The lowest BCUT2D eigenvalue weighted by atomic mass is 10.1. The van der Waals surface area contributed by atoms with Crippen LogP contribution in [0.3, 0.4) is 0 Å². The van der Waals surface area contributed by atoms with Gasteiger partial charge in [0.15, 0.2) is 11.5 Å². The van der Waals surface area contributed by atoms with Crippen molar-refractivity contribution in [2.75, 3.05) is 26.2 Å². The Hall–Kier alpha value is -2.43. The maximum absolute atomic E-state index is 12.8. The molecule has 0 unspecified atom stereocenters. The normalized spacial score (nSPS) is 15.7. The number of amides is 1. The van der Waals surface area contributed by atoms with Crippen molar-refractivity contribution in [3.05, 3.63) is 50.3 Å². The van der Waals surface area contributed by atoms with Crippen LogP contribution in [-0.4, -0.2) is 59.9 Å². The first-order chi connectivity index (χ1) is 12.7. The molecule has 0 aliphatic carbocycles. The SMILES string of the molecule is Cc1cc(O)c(=O)c(O)cc1C(=O)N1CCN(S(=O)(=O)c2ccsc2)CC1. The zero-order valence-electron chi connectivity index (χ0n) is 14.5. The highest BCUT2D eigenvalue weighted by atomic mass is 32.2. The number of rotatable bonds is 3. The van der Waals surface area contributed by atoms with Crippen LogP contribution in [0.5, 0.6) is 11.5 Å². The zero-order valence-corrected chi connectivity index (χ0v) is 16.1. The van der Waals surface area contributed by atoms with Gasteiger partial charge in [-0.3, -0.25) is 9.59 Å². The molecule has 1 amide bonds. The summed E-state index contributed by atoms with van der Waals surface area (Å²) in [6.07, 6.45) is 0. The van der Waals surface area contributed by atoms with Crippen molar-refractivity contribution in [1.82, 2.24) is 9.21 Å². The molecule has 144 valence electrons. The minimum atomic E-state index is -3.58. The lowest BCUT2D eigenvalue weighted by molar-refractivity contribution is 0.0697. The average molecular weight is 410 g/mol. The molecule has 27 heavy (non-hydrogen) atoms. The summed E-state index contributed by atoms with van der Waals surface area (Å²) in [5, 5.41) is 22.6. The summed E-state index contributed by atoms with van der Waals surface area (Å²) in [5.74, 6) is -1.80. The van der Waals surface area contributed by atoms with Gasteiger partial charge < -0.3 is 15.1 Å². The predicted molar refractivity (Wildman–Crippen MR) is 99.8 cm³/mol. The minimum absolute atomic E-state index is 0.0824. The fraction of sp³-hybridized carbons (Fsp3) is 0.294. The van der Waals surface area contributed by atoms with Crippen molar-refractivity contribution < 1.29 is 23.4 Å². The molecule has 0 atom stereocenters. The highest BCUT2D eigenvalue weighted by Gasteiger charge is 2.31. The first-order valence-electron chi connectivity index (χ1n) is 8.10. The van der Waals surface area contributed by atoms with Gasteiger partial charge in [0.1, 0.15) is 0 Å². The van der Waals surface area contributed by atoms with Crippen molar-refractivity contribution >= 4 is 27.3 Å². The molecule has 0 spiro atoms. The molecule has 1 aliphatic heterocycles. The first-order valence-corrected chi connectivity index (χ1v) is 10.5. The van der Waals surface area contributed by atoms with E-state index in [0.717, 1.165) is 12.1 Å². The van der Waals surface area contributed by atoms with Gasteiger partial charge in [0, 0.05) is 37.1 Å². The Labute approximate surface area is 160 Å². The zero-order chi connectivity index (χ0) is 19.8. The molecule has 8 nitrogen and oxygen atoms in total. The highest BCUT2D eigenvalue weighted by molar-refractivity contribution is 7.89. The summed E-state index contributed by atoms with van der Waals surface area (Å²) in [4.78, 5) is 26.1. The quantitative estimate of drug-likeness (QED) is 0.779. The summed E-state index contributed by atoms with van der Waals surface area (Å²) in [7, 11) is -3.58. The second-order valence-electron chi connectivity index (χ2n) is 6.14. The number of aryl methyl sites for hydroxylation is 1. The molecule has 1 aliphatic rings. The van der Waals surface area contributed by atoms with Crippen molar-refractivity contribution in [1.29, 1.82) is 0 Å². The van der Waals surface area contributed by atoms with E-state index in [1.54, 1.807) is 23.8 Å². The minimum Gasteiger partial charge on any atom is -0.504 e. The van der Waals surface area contributed by atoms with Crippen LogP contribution in [0.15, 0.2) is 38.6 Å². The topological polar surface area (TPSA) is 115 Å². The Kier molecular flexibility index (Phi) is 5.22. The molecule has 2 aromatic rings. The van der Waals surface area contributed by atoms with Gasteiger partial charge in [0.25, 0.3) is 11.3 Å². The number of carbonyl (C=O) groups is 1. The van der Waals surface area contributed by atoms with Gasteiger partial charge in [0.2, 0.25) is 10.0 Å². The van der Waals surface area contributed by atoms with Crippen LogP contribution >= 0.6 is 11.3 Å². The van der Waals surface area contributed by atoms with E-state index < -0.39 is 32.9 Å². The molecule has 10 heteroatoms. The fourth-order valence-corrected chi connectivity index (χ4v) is 5.31. The number of thiophene rings is 1. The van der Waals surface area contributed by atoms with Gasteiger partial charge in [-0.2, -0.15) is 15.6 Å². The van der Waals surface area contributed by atoms with Crippen LogP contribution < -0.4 is 5.43 Å². The average Bonchev–Trinajstić information content (AvgIpc) is 3.17. The van der Waals surface area contributed by atoms with Crippen LogP contribution in [0.25, 0.3) is 0 Å². The van der Waals surface area contributed by atoms with Gasteiger partial charge in [0.05, 0.1) is 4.90 Å². The fourth-order valence-electron chi connectivity index (χ4n) is 2.88. The largest absolute Gasteiger partial charge is 0.504 e. The molecule has 1 saturated heterocycles. The van der Waals surface area contributed by atoms with Crippen LogP contribution in [0, 0.1) is 6.92 Å². The summed E-state index contributed by atoms with van der Waals surface area (Å²) < 4.78 is 26.4. The lowest BCUT2D eigenvalue weighted by Crippen LogP contribution is -2.50. The van der Waals surface area contributed by atoms with Crippen LogP contribution in [-0.2, 0) is 10.0 Å². The number of carbonyl (C=O) groups excluding carboxylic acids is 1. The molecule has 0 bridgehead atoms. The molecule has 1 fully saturated rings. The number of aromatic hydroxyl groups is 2. The molecule has 2 heterocycles. The molecule has 2 N–H and O–H groups in total. The Morgan fingerprint density at radius 2 is 1.74 bits per heavy atom. The standard InChI is InChI=1S/C17H18N2O6S2/c1-11-8-14(20)16(22)15(21)9-13(11)17(23)18-3-5-19(6-4-18)27(24,25)12-2-7-26-10-12/h2,7-10H,3-6H2,1H3,(H2,20,21,22). The Morgan fingerprint density at radius 1 is 1.11 bits per heavy atom. The third-order valence-corrected chi connectivity index (χ3v) is 7.14. The van der Waals surface area contributed by atoms with Crippen LogP contribution in [0.4, 0.5) is 0 Å². The molecular formula is C17H18N2O6S2. The summed E-state index contributed by atoms with van der Waals surface area (Å²) in [6, 6.07) is 3.71. The van der Waals surface area contributed by atoms with Gasteiger partial charge >= 0.3 is 0 Å². The number of hydrogen-bond donors (Lipinski definition) is 2. The third-order valence-electron chi connectivity index (χ3n) is 4.41. The molecule has 1 aromatic heterocycles. The van der Waals surface area contributed by atoms with Crippen molar-refractivity contribution in [3.63, 3.8) is 0 Å². The second-order valence-corrected chi connectivity index (χ2v) is 8.86. The predicted octanol–water partition coefficient (Wildman–Crippen LogP) is 0.975.